The van der Waals surface area contributed by atoms with Crippen LogP contribution in [0.15, 0.2) is 18.2 Å². The van der Waals surface area contributed by atoms with Crippen molar-refractivity contribution in [3.8, 4) is 11.5 Å². The molecule has 1 aliphatic carbocycles. The number of hydrogen-bond acceptors (Lipinski definition) is 3. The molecule has 1 aromatic carbocycles. The quantitative estimate of drug-likeness (QED) is 0.806. The maximum Gasteiger partial charge on any atom is 0.166 e. The van der Waals surface area contributed by atoms with Gasteiger partial charge >= 0.3 is 0 Å². The van der Waals surface area contributed by atoms with E-state index in [1.807, 2.05) is 26.0 Å². The van der Waals surface area contributed by atoms with Crippen molar-refractivity contribution in [2.45, 2.75) is 39.3 Å². The van der Waals surface area contributed by atoms with E-state index in [1.165, 1.54) is 18.4 Å². The fraction of sp³-hybridized carbons (Fsp3) is 0.600. The Kier molecular flexibility index (Phi) is 4.48. The van der Waals surface area contributed by atoms with Crippen LogP contribution in [-0.4, -0.2) is 19.8 Å². The van der Waals surface area contributed by atoms with Gasteiger partial charge < -0.3 is 14.8 Å². The first kappa shape index (κ1) is 13.2. The molecule has 1 N–H and O–H groups in total. The summed E-state index contributed by atoms with van der Waals surface area (Å²) >= 11 is 0. The molecule has 0 aliphatic heterocycles. The van der Waals surface area contributed by atoms with Gasteiger partial charge in [0, 0.05) is 12.1 Å². The predicted octanol–water partition coefficient (Wildman–Crippen LogP) is 2.98. The Morgan fingerprint density at radius 3 is 2.72 bits per heavy atom. The smallest absolute Gasteiger partial charge is 0.166 e. The molecule has 1 fully saturated rings. The summed E-state index contributed by atoms with van der Waals surface area (Å²) in [4.78, 5) is 0. The SMILES string of the molecule is COc1cccc(CNCC2CC2)c1OC(C)C. The monoisotopic (exact) mass is 249 g/mol. The van der Waals surface area contributed by atoms with Crippen LogP contribution in [-0.2, 0) is 6.54 Å². The number of nitrogens with one attached hydrogen (secondary N) is 1. The molecular formula is C15H23NO2. The maximum absolute atomic E-state index is 5.88. The first-order chi connectivity index (χ1) is 8.70. The van der Waals surface area contributed by atoms with E-state index in [4.69, 9.17) is 9.47 Å². The van der Waals surface area contributed by atoms with Crippen molar-refractivity contribution in [2.75, 3.05) is 13.7 Å². The second kappa shape index (κ2) is 6.10. The van der Waals surface area contributed by atoms with Gasteiger partial charge in [-0.25, -0.2) is 0 Å². The molecule has 1 aliphatic rings. The zero-order valence-electron chi connectivity index (χ0n) is 11.5. The van der Waals surface area contributed by atoms with Gasteiger partial charge in [0.05, 0.1) is 13.2 Å². The number of rotatable bonds is 7. The average Bonchev–Trinajstić information content (AvgIpc) is 3.14. The molecule has 3 heteroatoms. The van der Waals surface area contributed by atoms with Crippen molar-refractivity contribution >= 4 is 0 Å². The Bertz CT molecular complexity index is 386. The fourth-order valence-corrected chi connectivity index (χ4v) is 1.96. The van der Waals surface area contributed by atoms with Crippen LogP contribution in [0.4, 0.5) is 0 Å². The van der Waals surface area contributed by atoms with Crippen LogP contribution in [0.3, 0.4) is 0 Å². The lowest BCUT2D eigenvalue weighted by Gasteiger charge is -2.17. The van der Waals surface area contributed by atoms with Gasteiger partial charge in [-0.15, -0.1) is 0 Å². The van der Waals surface area contributed by atoms with Crippen LogP contribution in [0.1, 0.15) is 32.3 Å². The van der Waals surface area contributed by atoms with Crippen molar-refractivity contribution in [3.05, 3.63) is 23.8 Å². The third-order valence-electron chi connectivity index (χ3n) is 3.08. The molecule has 0 saturated heterocycles. The van der Waals surface area contributed by atoms with Crippen LogP contribution in [0.25, 0.3) is 0 Å². The average molecular weight is 249 g/mol. The Hall–Kier alpha value is -1.22. The number of benzene rings is 1. The molecule has 0 aromatic heterocycles. The van der Waals surface area contributed by atoms with Crippen LogP contribution in [0.5, 0.6) is 11.5 Å². The molecule has 1 aromatic rings. The van der Waals surface area contributed by atoms with Gasteiger partial charge in [0.25, 0.3) is 0 Å². The minimum absolute atomic E-state index is 0.156. The number of para-hydroxylation sites is 1. The van der Waals surface area contributed by atoms with E-state index in [2.05, 4.69) is 11.4 Å². The zero-order chi connectivity index (χ0) is 13.0. The van der Waals surface area contributed by atoms with E-state index in [0.717, 1.165) is 30.5 Å². The fourth-order valence-electron chi connectivity index (χ4n) is 1.96. The molecule has 0 atom stereocenters. The van der Waals surface area contributed by atoms with Crippen molar-refractivity contribution < 1.29 is 9.47 Å². The summed E-state index contributed by atoms with van der Waals surface area (Å²) in [6.07, 6.45) is 2.91. The van der Waals surface area contributed by atoms with E-state index in [1.54, 1.807) is 7.11 Å². The molecule has 100 valence electrons. The summed E-state index contributed by atoms with van der Waals surface area (Å²) in [6, 6.07) is 6.06. The molecule has 3 nitrogen and oxygen atoms in total. The molecule has 0 heterocycles. The van der Waals surface area contributed by atoms with Gasteiger partial charge in [-0.1, -0.05) is 12.1 Å². The number of hydrogen-bond donors (Lipinski definition) is 1. The van der Waals surface area contributed by atoms with E-state index in [9.17, 15) is 0 Å². The molecule has 0 spiro atoms. The minimum atomic E-state index is 0.156. The van der Waals surface area contributed by atoms with Crippen molar-refractivity contribution in [3.63, 3.8) is 0 Å². The summed E-state index contributed by atoms with van der Waals surface area (Å²) < 4.78 is 11.2. The highest BCUT2D eigenvalue weighted by Crippen LogP contribution is 2.32. The van der Waals surface area contributed by atoms with Crippen molar-refractivity contribution in [2.24, 2.45) is 5.92 Å². The third kappa shape index (κ3) is 3.64. The van der Waals surface area contributed by atoms with Crippen LogP contribution < -0.4 is 14.8 Å². The van der Waals surface area contributed by atoms with Gasteiger partial charge in [0.1, 0.15) is 0 Å². The first-order valence-electron chi connectivity index (χ1n) is 6.74. The van der Waals surface area contributed by atoms with Gasteiger partial charge in [-0.05, 0) is 45.2 Å². The van der Waals surface area contributed by atoms with E-state index in [0.29, 0.717) is 0 Å². The Morgan fingerprint density at radius 2 is 2.11 bits per heavy atom. The van der Waals surface area contributed by atoms with Crippen molar-refractivity contribution in [1.29, 1.82) is 0 Å². The molecule has 0 bridgehead atoms. The summed E-state index contributed by atoms with van der Waals surface area (Å²) in [5.74, 6) is 2.58. The summed E-state index contributed by atoms with van der Waals surface area (Å²) in [5, 5.41) is 3.49. The normalized spacial score (nSPS) is 14.9. The third-order valence-corrected chi connectivity index (χ3v) is 3.08. The van der Waals surface area contributed by atoms with E-state index >= 15 is 0 Å². The highest BCUT2D eigenvalue weighted by Gasteiger charge is 2.20. The molecule has 0 radical (unpaired) electrons. The van der Waals surface area contributed by atoms with E-state index < -0.39 is 0 Å². The lowest BCUT2D eigenvalue weighted by Crippen LogP contribution is -2.18. The zero-order valence-corrected chi connectivity index (χ0v) is 11.5. The summed E-state index contributed by atoms with van der Waals surface area (Å²) in [7, 11) is 1.68. The summed E-state index contributed by atoms with van der Waals surface area (Å²) in [6.45, 7) is 6.02. The van der Waals surface area contributed by atoms with E-state index in [-0.39, 0.29) is 6.10 Å². The molecular weight excluding hydrogens is 226 g/mol. The maximum atomic E-state index is 5.88. The van der Waals surface area contributed by atoms with Crippen molar-refractivity contribution in [1.82, 2.24) is 5.32 Å². The summed E-state index contributed by atoms with van der Waals surface area (Å²) in [5.41, 5.74) is 1.17. The van der Waals surface area contributed by atoms with Crippen LogP contribution in [0.2, 0.25) is 0 Å². The minimum Gasteiger partial charge on any atom is -0.493 e. The Balaban J connectivity index is 2.04. The predicted molar refractivity (Wildman–Crippen MR) is 73.2 cm³/mol. The second-order valence-electron chi connectivity index (χ2n) is 5.19. The Labute approximate surface area is 109 Å². The standard InChI is InChI=1S/C15H23NO2/c1-11(2)18-15-13(5-4-6-14(15)17-3)10-16-9-12-7-8-12/h4-6,11-12,16H,7-10H2,1-3H3. The topological polar surface area (TPSA) is 30.5 Å². The first-order valence-corrected chi connectivity index (χ1v) is 6.74. The molecule has 0 unspecified atom stereocenters. The Morgan fingerprint density at radius 1 is 1.33 bits per heavy atom. The van der Waals surface area contributed by atoms with Gasteiger partial charge in [0.2, 0.25) is 0 Å². The molecule has 2 rings (SSSR count). The second-order valence-corrected chi connectivity index (χ2v) is 5.19. The number of methoxy groups -OCH3 is 1. The lowest BCUT2D eigenvalue weighted by molar-refractivity contribution is 0.227. The largest absolute Gasteiger partial charge is 0.493 e. The molecule has 18 heavy (non-hydrogen) atoms. The van der Waals surface area contributed by atoms with Crippen LogP contribution >= 0.6 is 0 Å². The van der Waals surface area contributed by atoms with Crippen LogP contribution in [0, 0.1) is 5.92 Å². The van der Waals surface area contributed by atoms with Gasteiger partial charge in [-0.2, -0.15) is 0 Å². The van der Waals surface area contributed by atoms with Gasteiger partial charge in [0.15, 0.2) is 11.5 Å². The lowest BCUT2D eigenvalue weighted by atomic mass is 10.1. The highest BCUT2D eigenvalue weighted by molar-refractivity contribution is 5.46. The van der Waals surface area contributed by atoms with Gasteiger partial charge in [-0.3, -0.25) is 0 Å². The highest BCUT2D eigenvalue weighted by atomic mass is 16.5. The number of ether oxygens (including phenoxy) is 2. The molecule has 0 amide bonds. The molecule has 1 saturated carbocycles.